The van der Waals surface area contributed by atoms with E-state index in [1.54, 1.807) is 14.2 Å². The largest absolute Gasteiger partial charge is 0.495 e. The molecular weight excluding hydrogens is 396 g/mol. The van der Waals surface area contributed by atoms with E-state index in [4.69, 9.17) is 9.47 Å². The summed E-state index contributed by atoms with van der Waals surface area (Å²) in [5.74, 6) is 1.73. The summed E-state index contributed by atoms with van der Waals surface area (Å²) in [4.78, 5) is 4.09. The van der Waals surface area contributed by atoms with E-state index in [0.29, 0.717) is 0 Å². The number of hydrogen-bond acceptors (Lipinski definition) is 4. The highest BCUT2D eigenvalue weighted by Crippen LogP contribution is 2.29. The maximum absolute atomic E-state index is 5.53. The number of nitrogens with zero attached hydrogens (tertiary/aromatic N) is 2. The summed E-state index contributed by atoms with van der Waals surface area (Å²) < 4.78 is 11.1. The van der Waals surface area contributed by atoms with Crippen LogP contribution in [0.5, 0.6) is 11.5 Å². The Labute approximate surface area is 192 Å². The summed E-state index contributed by atoms with van der Waals surface area (Å²) in [6, 6.07) is 20.9. The second-order valence-electron chi connectivity index (χ2n) is 7.99. The predicted molar refractivity (Wildman–Crippen MR) is 139 cm³/mol. The van der Waals surface area contributed by atoms with Crippen molar-refractivity contribution in [2.75, 3.05) is 52.2 Å². The predicted octanol–water partition coefficient (Wildman–Crippen LogP) is 6.18. The van der Waals surface area contributed by atoms with Crippen molar-refractivity contribution in [2.45, 2.75) is 0 Å². The Morgan fingerprint density at radius 3 is 1.25 bits per heavy atom. The van der Waals surface area contributed by atoms with E-state index in [9.17, 15) is 0 Å². The van der Waals surface area contributed by atoms with Crippen molar-refractivity contribution in [1.82, 2.24) is 0 Å². The van der Waals surface area contributed by atoms with Crippen molar-refractivity contribution in [1.29, 1.82) is 0 Å². The lowest BCUT2D eigenvalue weighted by Crippen LogP contribution is -2.09. The minimum absolute atomic E-state index is 0.865. The Hall–Kier alpha value is -3.66. The normalized spacial score (nSPS) is 11.2. The number of methoxy groups -OCH3 is 2. The molecule has 0 bridgehead atoms. The Bertz CT molecular complexity index is 1030. The third-order valence-electron chi connectivity index (χ3n) is 5.22. The average molecular weight is 429 g/mol. The number of hydrogen-bond donors (Lipinski definition) is 0. The first-order valence-electron chi connectivity index (χ1n) is 10.6. The van der Waals surface area contributed by atoms with Crippen LogP contribution in [-0.4, -0.2) is 42.4 Å². The van der Waals surface area contributed by atoms with Crippen molar-refractivity contribution in [3.05, 3.63) is 82.9 Å². The van der Waals surface area contributed by atoms with Gasteiger partial charge in [-0.25, -0.2) is 0 Å². The molecule has 3 aromatic carbocycles. The third kappa shape index (κ3) is 5.73. The fraction of sp³-hybridized carbons (Fsp3) is 0.214. The van der Waals surface area contributed by atoms with Gasteiger partial charge in [-0.05, 0) is 52.6 Å². The summed E-state index contributed by atoms with van der Waals surface area (Å²) in [7, 11) is 11.5. The van der Waals surface area contributed by atoms with Crippen molar-refractivity contribution >= 4 is 35.7 Å². The molecule has 0 aliphatic carbocycles. The lowest BCUT2D eigenvalue weighted by molar-refractivity contribution is 0.415. The Morgan fingerprint density at radius 1 is 0.531 bits per heavy atom. The summed E-state index contributed by atoms with van der Waals surface area (Å²) >= 11 is 0. The van der Waals surface area contributed by atoms with E-state index in [1.807, 2.05) is 38.0 Å². The molecule has 0 atom stereocenters. The van der Waals surface area contributed by atoms with Gasteiger partial charge in [-0.2, -0.15) is 0 Å². The summed E-state index contributed by atoms with van der Waals surface area (Å²) in [6.07, 6.45) is 8.46. The molecule has 0 amide bonds. The molecule has 4 nitrogen and oxygen atoms in total. The van der Waals surface area contributed by atoms with Gasteiger partial charge in [0.05, 0.1) is 25.6 Å². The third-order valence-corrected chi connectivity index (χ3v) is 5.22. The first kappa shape index (κ1) is 23.0. The van der Waals surface area contributed by atoms with Crippen LogP contribution in [0.15, 0.2) is 60.7 Å². The van der Waals surface area contributed by atoms with Gasteiger partial charge in [0.2, 0.25) is 0 Å². The Morgan fingerprint density at radius 2 is 0.906 bits per heavy atom. The number of rotatable bonds is 8. The van der Waals surface area contributed by atoms with Crippen LogP contribution in [-0.2, 0) is 0 Å². The van der Waals surface area contributed by atoms with Crippen LogP contribution < -0.4 is 19.3 Å². The minimum Gasteiger partial charge on any atom is -0.495 e. The highest BCUT2D eigenvalue weighted by molar-refractivity contribution is 5.76. The first-order valence-corrected chi connectivity index (χ1v) is 10.6. The highest BCUT2D eigenvalue weighted by atomic mass is 16.5. The fourth-order valence-electron chi connectivity index (χ4n) is 3.49. The minimum atomic E-state index is 0.865. The topological polar surface area (TPSA) is 24.9 Å². The summed E-state index contributed by atoms with van der Waals surface area (Å²) in [6.45, 7) is 0. The van der Waals surface area contributed by atoms with Gasteiger partial charge in [0.15, 0.2) is 0 Å². The molecule has 0 fully saturated rings. The molecule has 0 heterocycles. The van der Waals surface area contributed by atoms with Gasteiger partial charge in [-0.1, -0.05) is 54.6 Å². The van der Waals surface area contributed by atoms with Crippen LogP contribution in [0.4, 0.5) is 11.4 Å². The number of anilines is 2. The maximum Gasteiger partial charge on any atom is 0.142 e. The smallest absolute Gasteiger partial charge is 0.142 e. The molecule has 0 aliphatic heterocycles. The maximum atomic E-state index is 5.53. The molecule has 0 N–H and O–H groups in total. The highest BCUT2D eigenvalue weighted by Gasteiger charge is 2.06. The Kier molecular flexibility index (Phi) is 7.61. The van der Waals surface area contributed by atoms with E-state index >= 15 is 0 Å². The molecular formula is C28H32N2O2. The van der Waals surface area contributed by atoms with Crippen molar-refractivity contribution in [3.63, 3.8) is 0 Å². The average Bonchev–Trinajstić information content (AvgIpc) is 2.81. The van der Waals surface area contributed by atoms with E-state index < -0.39 is 0 Å². The molecule has 0 saturated heterocycles. The quantitative estimate of drug-likeness (QED) is 0.400. The second-order valence-corrected chi connectivity index (χ2v) is 7.99. The van der Waals surface area contributed by atoms with Crippen LogP contribution in [0.1, 0.15) is 22.3 Å². The summed E-state index contributed by atoms with van der Waals surface area (Å²) in [5, 5.41) is 0. The zero-order valence-electron chi connectivity index (χ0n) is 19.8. The van der Waals surface area contributed by atoms with Crippen LogP contribution in [0.25, 0.3) is 24.3 Å². The molecule has 0 aliphatic rings. The zero-order chi connectivity index (χ0) is 23.1. The van der Waals surface area contributed by atoms with E-state index in [0.717, 1.165) is 45.1 Å². The summed E-state index contributed by atoms with van der Waals surface area (Å²) in [5.41, 5.74) is 6.61. The second kappa shape index (κ2) is 10.6. The van der Waals surface area contributed by atoms with Gasteiger partial charge in [-0.3, -0.25) is 0 Å². The van der Waals surface area contributed by atoms with E-state index in [2.05, 4.69) is 85.0 Å². The molecule has 0 aromatic heterocycles. The molecule has 0 radical (unpaired) electrons. The van der Waals surface area contributed by atoms with Crippen molar-refractivity contribution in [2.24, 2.45) is 0 Å². The molecule has 3 rings (SSSR count). The van der Waals surface area contributed by atoms with E-state index in [-0.39, 0.29) is 0 Å². The number of benzene rings is 3. The molecule has 0 unspecified atom stereocenters. The van der Waals surface area contributed by atoms with Gasteiger partial charge in [0.25, 0.3) is 0 Å². The molecule has 3 aromatic rings. The first-order chi connectivity index (χ1) is 15.4. The van der Waals surface area contributed by atoms with Gasteiger partial charge >= 0.3 is 0 Å². The van der Waals surface area contributed by atoms with Gasteiger partial charge < -0.3 is 19.3 Å². The van der Waals surface area contributed by atoms with Crippen LogP contribution >= 0.6 is 0 Å². The molecule has 32 heavy (non-hydrogen) atoms. The zero-order valence-corrected chi connectivity index (χ0v) is 19.8. The lowest BCUT2D eigenvalue weighted by atomic mass is 10.1. The number of ether oxygens (including phenoxy) is 2. The molecule has 4 heteroatoms. The van der Waals surface area contributed by atoms with Crippen molar-refractivity contribution < 1.29 is 9.47 Å². The van der Waals surface area contributed by atoms with Crippen LogP contribution in [0.3, 0.4) is 0 Å². The van der Waals surface area contributed by atoms with Crippen LogP contribution in [0, 0.1) is 0 Å². The van der Waals surface area contributed by atoms with Crippen molar-refractivity contribution in [3.8, 4) is 11.5 Å². The van der Waals surface area contributed by atoms with E-state index in [1.165, 1.54) is 0 Å². The van der Waals surface area contributed by atoms with Gasteiger partial charge in [0, 0.05) is 28.2 Å². The SMILES string of the molecule is COc1cc(/C=C/c2cccc(/C=C/c3ccc(N(C)C)c(OC)c3)c2)ccc1N(C)C. The molecule has 0 spiro atoms. The lowest BCUT2D eigenvalue weighted by Gasteiger charge is -2.16. The van der Waals surface area contributed by atoms with Gasteiger partial charge in [0.1, 0.15) is 11.5 Å². The Balaban J connectivity index is 1.77. The van der Waals surface area contributed by atoms with Crippen LogP contribution in [0.2, 0.25) is 0 Å². The fourth-order valence-corrected chi connectivity index (χ4v) is 3.49. The molecule has 0 saturated carbocycles. The molecule has 166 valence electrons. The monoisotopic (exact) mass is 428 g/mol. The van der Waals surface area contributed by atoms with Gasteiger partial charge in [-0.15, -0.1) is 0 Å². The standard InChI is InChI=1S/C28H32N2O2/c1-29(2)25-16-14-23(19-27(25)31-5)12-10-21-8-7-9-22(18-21)11-13-24-15-17-26(30(3)4)28(20-24)32-6/h7-20H,1-6H3/b12-10+,13-11+.